The number of rotatable bonds is 6. The number of nitrogens with one attached hydrogen (secondary N) is 1. The second-order valence-electron chi connectivity index (χ2n) is 5.07. The Kier molecular flexibility index (Phi) is 4.43. The van der Waals surface area contributed by atoms with E-state index in [1.165, 1.54) is 11.1 Å². The molecule has 0 saturated carbocycles. The molecule has 1 aliphatic rings. The SMILES string of the molecule is CCCNC1CCc2cc(OC(C)C(N)=O)ccc21. The summed E-state index contributed by atoms with van der Waals surface area (Å²) in [4.78, 5) is 11.0. The minimum atomic E-state index is -0.589. The van der Waals surface area contributed by atoms with Crippen LogP contribution in [0.25, 0.3) is 0 Å². The standard InChI is InChI=1S/C15H22N2O2/c1-3-8-17-14-7-4-11-9-12(5-6-13(11)14)19-10(2)15(16)18/h5-6,9-10,14,17H,3-4,7-8H2,1-2H3,(H2,16,18). The van der Waals surface area contributed by atoms with E-state index in [0.717, 1.165) is 31.6 Å². The lowest BCUT2D eigenvalue weighted by atomic mass is 10.1. The van der Waals surface area contributed by atoms with E-state index >= 15 is 0 Å². The number of carbonyl (C=O) groups excluding carboxylic acids is 1. The molecule has 2 atom stereocenters. The molecule has 0 fully saturated rings. The van der Waals surface area contributed by atoms with Crippen LogP contribution in [0.3, 0.4) is 0 Å². The first kappa shape index (κ1) is 13.9. The Hall–Kier alpha value is -1.55. The summed E-state index contributed by atoms with van der Waals surface area (Å²) >= 11 is 0. The summed E-state index contributed by atoms with van der Waals surface area (Å²) in [6.45, 7) is 4.88. The first-order valence-corrected chi connectivity index (χ1v) is 6.94. The minimum absolute atomic E-state index is 0.442. The molecular weight excluding hydrogens is 240 g/mol. The van der Waals surface area contributed by atoms with Gasteiger partial charge in [0.25, 0.3) is 5.91 Å². The van der Waals surface area contributed by atoms with Crippen LogP contribution in [0.1, 0.15) is 43.9 Å². The topological polar surface area (TPSA) is 64.3 Å². The number of fused-ring (bicyclic) bond motifs is 1. The number of hydrogen-bond donors (Lipinski definition) is 2. The van der Waals surface area contributed by atoms with E-state index in [4.69, 9.17) is 10.5 Å². The van der Waals surface area contributed by atoms with Gasteiger partial charge in [-0.1, -0.05) is 13.0 Å². The maximum atomic E-state index is 11.0. The Balaban J connectivity index is 2.07. The van der Waals surface area contributed by atoms with Crippen LogP contribution in [0.2, 0.25) is 0 Å². The van der Waals surface area contributed by atoms with Crippen molar-refractivity contribution in [1.82, 2.24) is 5.32 Å². The molecule has 1 aliphatic carbocycles. The van der Waals surface area contributed by atoms with Crippen LogP contribution in [-0.2, 0) is 11.2 Å². The van der Waals surface area contributed by atoms with E-state index in [-0.39, 0.29) is 0 Å². The van der Waals surface area contributed by atoms with Crippen LogP contribution in [0, 0.1) is 0 Å². The highest BCUT2D eigenvalue weighted by molar-refractivity contribution is 5.78. The first-order valence-electron chi connectivity index (χ1n) is 6.94. The van der Waals surface area contributed by atoms with Crippen LogP contribution >= 0.6 is 0 Å². The van der Waals surface area contributed by atoms with Gasteiger partial charge in [-0.25, -0.2) is 0 Å². The summed E-state index contributed by atoms with van der Waals surface area (Å²) in [5, 5.41) is 3.55. The number of aryl methyl sites for hydroxylation is 1. The van der Waals surface area contributed by atoms with E-state index in [9.17, 15) is 4.79 Å². The van der Waals surface area contributed by atoms with Gasteiger partial charge in [-0.05, 0) is 56.0 Å². The average molecular weight is 262 g/mol. The lowest BCUT2D eigenvalue weighted by Gasteiger charge is -2.15. The molecule has 2 unspecified atom stereocenters. The third-order valence-corrected chi connectivity index (χ3v) is 3.55. The number of primary amides is 1. The Bertz CT molecular complexity index is 459. The number of hydrogen-bond acceptors (Lipinski definition) is 3. The number of ether oxygens (including phenoxy) is 1. The molecular formula is C15H22N2O2. The normalized spacial score (nSPS) is 18.9. The van der Waals surface area contributed by atoms with E-state index in [1.807, 2.05) is 12.1 Å². The lowest BCUT2D eigenvalue weighted by molar-refractivity contribution is -0.123. The molecule has 0 saturated heterocycles. The lowest BCUT2D eigenvalue weighted by Crippen LogP contribution is -2.30. The molecule has 0 aliphatic heterocycles. The molecule has 3 N–H and O–H groups in total. The van der Waals surface area contributed by atoms with E-state index in [0.29, 0.717) is 6.04 Å². The number of nitrogens with two attached hydrogens (primary N) is 1. The molecule has 0 radical (unpaired) electrons. The van der Waals surface area contributed by atoms with Gasteiger partial charge in [-0.3, -0.25) is 4.79 Å². The van der Waals surface area contributed by atoms with Crippen molar-refractivity contribution < 1.29 is 9.53 Å². The third-order valence-electron chi connectivity index (χ3n) is 3.55. The van der Waals surface area contributed by atoms with E-state index in [2.05, 4.69) is 18.3 Å². The third kappa shape index (κ3) is 3.26. The number of amides is 1. The molecule has 104 valence electrons. The summed E-state index contributed by atoms with van der Waals surface area (Å²) < 4.78 is 5.52. The average Bonchev–Trinajstić information content (AvgIpc) is 2.78. The molecule has 1 amide bonds. The highest BCUT2D eigenvalue weighted by atomic mass is 16.5. The van der Waals surface area contributed by atoms with Gasteiger partial charge in [-0.15, -0.1) is 0 Å². The zero-order valence-electron chi connectivity index (χ0n) is 11.6. The van der Waals surface area contributed by atoms with Crippen molar-refractivity contribution in [3.05, 3.63) is 29.3 Å². The minimum Gasteiger partial charge on any atom is -0.481 e. The van der Waals surface area contributed by atoms with Gasteiger partial charge in [-0.2, -0.15) is 0 Å². The van der Waals surface area contributed by atoms with Gasteiger partial charge in [0, 0.05) is 6.04 Å². The highest BCUT2D eigenvalue weighted by Gasteiger charge is 2.22. The highest BCUT2D eigenvalue weighted by Crippen LogP contribution is 2.33. The van der Waals surface area contributed by atoms with E-state index in [1.54, 1.807) is 6.92 Å². The quantitative estimate of drug-likeness (QED) is 0.823. The maximum Gasteiger partial charge on any atom is 0.258 e. The molecule has 0 heterocycles. The summed E-state index contributed by atoms with van der Waals surface area (Å²) in [7, 11) is 0. The monoisotopic (exact) mass is 262 g/mol. The second-order valence-corrected chi connectivity index (χ2v) is 5.07. The van der Waals surface area contributed by atoms with Crippen LogP contribution < -0.4 is 15.8 Å². The largest absolute Gasteiger partial charge is 0.481 e. The molecule has 1 aromatic rings. The van der Waals surface area contributed by atoms with Gasteiger partial charge in [0.15, 0.2) is 6.10 Å². The van der Waals surface area contributed by atoms with Crippen LogP contribution in [0.15, 0.2) is 18.2 Å². The van der Waals surface area contributed by atoms with Crippen molar-refractivity contribution in [3.8, 4) is 5.75 Å². The predicted octanol–water partition coefficient (Wildman–Crippen LogP) is 1.93. The molecule has 4 nitrogen and oxygen atoms in total. The number of carbonyl (C=O) groups is 1. The molecule has 2 rings (SSSR count). The first-order chi connectivity index (χ1) is 9.11. The summed E-state index contributed by atoms with van der Waals surface area (Å²) in [5.41, 5.74) is 7.86. The molecule has 4 heteroatoms. The zero-order valence-corrected chi connectivity index (χ0v) is 11.6. The zero-order chi connectivity index (χ0) is 13.8. The van der Waals surface area contributed by atoms with Crippen molar-refractivity contribution in [2.24, 2.45) is 5.73 Å². The Morgan fingerprint density at radius 3 is 3.05 bits per heavy atom. The van der Waals surface area contributed by atoms with Crippen molar-refractivity contribution in [3.63, 3.8) is 0 Å². The predicted molar refractivity (Wildman–Crippen MR) is 75.1 cm³/mol. The van der Waals surface area contributed by atoms with Gasteiger partial charge in [0.05, 0.1) is 0 Å². The molecule has 0 bridgehead atoms. The van der Waals surface area contributed by atoms with Crippen molar-refractivity contribution in [2.45, 2.75) is 45.3 Å². The second kappa shape index (κ2) is 6.06. The van der Waals surface area contributed by atoms with Crippen molar-refractivity contribution in [1.29, 1.82) is 0 Å². The van der Waals surface area contributed by atoms with Gasteiger partial charge in [0.2, 0.25) is 0 Å². The van der Waals surface area contributed by atoms with Crippen LogP contribution in [-0.4, -0.2) is 18.6 Å². The van der Waals surface area contributed by atoms with Gasteiger partial charge >= 0.3 is 0 Å². The molecule has 19 heavy (non-hydrogen) atoms. The number of benzene rings is 1. The maximum absolute atomic E-state index is 11.0. The van der Waals surface area contributed by atoms with Gasteiger partial charge in [0.1, 0.15) is 5.75 Å². The molecule has 1 aromatic carbocycles. The fourth-order valence-electron chi connectivity index (χ4n) is 2.46. The van der Waals surface area contributed by atoms with Crippen LogP contribution in [0.4, 0.5) is 0 Å². The van der Waals surface area contributed by atoms with E-state index < -0.39 is 12.0 Å². The Morgan fingerprint density at radius 2 is 2.37 bits per heavy atom. The summed E-state index contributed by atoms with van der Waals surface area (Å²) in [6.07, 6.45) is 2.74. The molecule has 0 aromatic heterocycles. The van der Waals surface area contributed by atoms with Crippen molar-refractivity contribution in [2.75, 3.05) is 6.54 Å². The van der Waals surface area contributed by atoms with Gasteiger partial charge < -0.3 is 15.8 Å². The summed E-state index contributed by atoms with van der Waals surface area (Å²) in [5.74, 6) is 0.282. The fourth-order valence-corrected chi connectivity index (χ4v) is 2.46. The smallest absolute Gasteiger partial charge is 0.258 e. The summed E-state index contributed by atoms with van der Waals surface area (Å²) in [6, 6.07) is 6.50. The molecule has 0 spiro atoms. The Morgan fingerprint density at radius 1 is 1.58 bits per heavy atom. The van der Waals surface area contributed by atoms with Crippen molar-refractivity contribution >= 4 is 5.91 Å². The fraction of sp³-hybridized carbons (Fsp3) is 0.533. The van der Waals surface area contributed by atoms with Crippen LogP contribution in [0.5, 0.6) is 5.75 Å². The Labute approximate surface area is 114 Å².